The first-order valence-corrected chi connectivity index (χ1v) is 4.56. The van der Waals surface area contributed by atoms with Gasteiger partial charge in [0.2, 0.25) is 0 Å². The molecule has 4 nitrogen and oxygen atoms in total. The Balaban J connectivity index is 2.17. The van der Waals surface area contributed by atoms with Crippen molar-refractivity contribution in [2.45, 2.75) is 19.4 Å². The SMILES string of the molecule is CC(O)CNCCc1ccnn1C. The fourth-order valence-electron chi connectivity index (χ4n) is 1.17. The maximum absolute atomic E-state index is 8.98. The molecule has 1 aromatic heterocycles. The zero-order valence-electron chi connectivity index (χ0n) is 8.20. The molecule has 2 N–H and O–H groups in total. The smallest absolute Gasteiger partial charge is 0.0636 e. The molecule has 0 fully saturated rings. The van der Waals surface area contributed by atoms with Crippen molar-refractivity contribution < 1.29 is 5.11 Å². The van der Waals surface area contributed by atoms with E-state index in [-0.39, 0.29) is 6.10 Å². The van der Waals surface area contributed by atoms with Crippen LogP contribution in [-0.2, 0) is 13.5 Å². The molecule has 1 unspecified atom stereocenters. The summed E-state index contributed by atoms with van der Waals surface area (Å²) in [4.78, 5) is 0. The van der Waals surface area contributed by atoms with Gasteiger partial charge in [-0.2, -0.15) is 5.10 Å². The number of rotatable bonds is 5. The molecule has 74 valence electrons. The van der Waals surface area contributed by atoms with E-state index >= 15 is 0 Å². The predicted octanol–water partition coefficient (Wildman–Crippen LogP) is -0.0670. The summed E-state index contributed by atoms with van der Waals surface area (Å²) in [5, 5.41) is 16.2. The number of aliphatic hydroxyl groups excluding tert-OH is 1. The van der Waals surface area contributed by atoms with Gasteiger partial charge in [0.05, 0.1) is 6.10 Å². The lowest BCUT2D eigenvalue weighted by atomic mass is 10.3. The van der Waals surface area contributed by atoms with Gasteiger partial charge in [-0.15, -0.1) is 0 Å². The van der Waals surface area contributed by atoms with E-state index in [4.69, 9.17) is 5.11 Å². The highest BCUT2D eigenvalue weighted by molar-refractivity contribution is 5.00. The van der Waals surface area contributed by atoms with Crippen molar-refractivity contribution in [3.8, 4) is 0 Å². The Labute approximate surface area is 78.6 Å². The van der Waals surface area contributed by atoms with Crippen molar-refractivity contribution in [2.24, 2.45) is 7.05 Å². The summed E-state index contributed by atoms with van der Waals surface area (Å²) in [7, 11) is 1.93. The molecular formula is C9H17N3O. The number of nitrogens with zero attached hydrogens (tertiary/aromatic N) is 2. The summed E-state index contributed by atoms with van der Waals surface area (Å²) >= 11 is 0. The Hall–Kier alpha value is -0.870. The van der Waals surface area contributed by atoms with Crippen molar-refractivity contribution in [3.63, 3.8) is 0 Å². The van der Waals surface area contributed by atoms with Crippen LogP contribution in [-0.4, -0.2) is 34.1 Å². The van der Waals surface area contributed by atoms with Crippen molar-refractivity contribution in [2.75, 3.05) is 13.1 Å². The van der Waals surface area contributed by atoms with Gasteiger partial charge in [-0.1, -0.05) is 0 Å². The van der Waals surface area contributed by atoms with Gasteiger partial charge in [0.15, 0.2) is 0 Å². The summed E-state index contributed by atoms with van der Waals surface area (Å²) in [6.07, 6.45) is 2.47. The fraction of sp³-hybridized carbons (Fsp3) is 0.667. The molecule has 1 heterocycles. The van der Waals surface area contributed by atoms with Crippen LogP contribution in [0, 0.1) is 0 Å². The average Bonchev–Trinajstić information content (AvgIpc) is 2.45. The monoisotopic (exact) mass is 183 g/mol. The summed E-state index contributed by atoms with van der Waals surface area (Å²) in [6, 6.07) is 2.00. The lowest BCUT2D eigenvalue weighted by Crippen LogP contribution is -2.26. The number of hydrogen-bond acceptors (Lipinski definition) is 3. The quantitative estimate of drug-likeness (QED) is 0.628. The van der Waals surface area contributed by atoms with Crippen LogP contribution < -0.4 is 5.32 Å². The van der Waals surface area contributed by atoms with Gasteiger partial charge in [-0.05, 0) is 13.0 Å². The summed E-state index contributed by atoms with van der Waals surface area (Å²) < 4.78 is 1.87. The van der Waals surface area contributed by atoms with Crippen LogP contribution >= 0.6 is 0 Å². The largest absolute Gasteiger partial charge is 0.392 e. The molecular weight excluding hydrogens is 166 g/mol. The van der Waals surface area contributed by atoms with Crippen molar-refractivity contribution in [1.82, 2.24) is 15.1 Å². The van der Waals surface area contributed by atoms with E-state index in [0.29, 0.717) is 6.54 Å². The van der Waals surface area contributed by atoms with Crippen molar-refractivity contribution >= 4 is 0 Å². The summed E-state index contributed by atoms with van der Waals surface area (Å²) in [5.41, 5.74) is 1.21. The van der Waals surface area contributed by atoms with Crippen LogP contribution in [0.4, 0.5) is 0 Å². The highest BCUT2D eigenvalue weighted by Crippen LogP contribution is 1.95. The van der Waals surface area contributed by atoms with Gasteiger partial charge >= 0.3 is 0 Å². The molecule has 1 atom stereocenters. The first kappa shape index (κ1) is 10.2. The predicted molar refractivity (Wildman–Crippen MR) is 51.5 cm³/mol. The van der Waals surface area contributed by atoms with Crippen LogP contribution in [0.25, 0.3) is 0 Å². The molecule has 0 saturated carbocycles. The highest BCUT2D eigenvalue weighted by atomic mass is 16.3. The van der Waals surface area contributed by atoms with Gasteiger partial charge in [0.25, 0.3) is 0 Å². The molecule has 13 heavy (non-hydrogen) atoms. The molecule has 0 bridgehead atoms. The third-order valence-electron chi connectivity index (χ3n) is 1.92. The van der Waals surface area contributed by atoms with E-state index in [2.05, 4.69) is 10.4 Å². The Bertz CT molecular complexity index is 245. The van der Waals surface area contributed by atoms with E-state index in [1.807, 2.05) is 17.8 Å². The second-order valence-corrected chi connectivity index (χ2v) is 3.25. The van der Waals surface area contributed by atoms with Crippen LogP contribution in [0.2, 0.25) is 0 Å². The second kappa shape index (κ2) is 4.99. The normalized spacial score (nSPS) is 13.2. The Morgan fingerprint density at radius 3 is 3.00 bits per heavy atom. The van der Waals surface area contributed by atoms with E-state index in [9.17, 15) is 0 Å². The molecule has 0 amide bonds. The molecule has 0 aliphatic heterocycles. The van der Waals surface area contributed by atoms with Crippen LogP contribution in [0.1, 0.15) is 12.6 Å². The fourth-order valence-corrected chi connectivity index (χ4v) is 1.17. The average molecular weight is 183 g/mol. The minimum absolute atomic E-state index is 0.272. The van der Waals surface area contributed by atoms with Gasteiger partial charge < -0.3 is 10.4 Å². The topological polar surface area (TPSA) is 50.1 Å². The molecule has 0 spiro atoms. The molecule has 0 saturated heterocycles. The molecule has 0 radical (unpaired) electrons. The second-order valence-electron chi connectivity index (χ2n) is 3.25. The Morgan fingerprint density at radius 1 is 1.69 bits per heavy atom. The number of aliphatic hydroxyl groups is 1. The standard InChI is InChI=1S/C9H17N3O/c1-8(13)7-10-5-3-9-4-6-11-12(9)2/h4,6,8,10,13H,3,5,7H2,1-2H3. The minimum atomic E-state index is -0.272. The lowest BCUT2D eigenvalue weighted by Gasteiger charge is -2.06. The molecule has 0 aromatic carbocycles. The molecule has 0 aliphatic rings. The van der Waals surface area contributed by atoms with E-state index in [1.165, 1.54) is 5.69 Å². The molecule has 1 aromatic rings. The van der Waals surface area contributed by atoms with E-state index < -0.39 is 0 Å². The van der Waals surface area contributed by atoms with Crippen LogP contribution in [0.5, 0.6) is 0 Å². The van der Waals surface area contributed by atoms with Gasteiger partial charge in [0.1, 0.15) is 0 Å². The zero-order chi connectivity index (χ0) is 9.68. The minimum Gasteiger partial charge on any atom is -0.392 e. The highest BCUT2D eigenvalue weighted by Gasteiger charge is 1.98. The maximum atomic E-state index is 8.98. The zero-order valence-corrected chi connectivity index (χ0v) is 8.20. The third-order valence-corrected chi connectivity index (χ3v) is 1.92. The molecule has 4 heteroatoms. The number of aromatic nitrogens is 2. The summed E-state index contributed by atoms with van der Waals surface area (Å²) in [5.74, 6) is 0. The number of aryl methyl sites for hydroxylation is 1. The third kappa shape index (κ3) is 3.57. The van der Waals surface area contributed by atoms with Gasteiger partial charge in [-0.3, -0.25) is 4.68 Å². The van der Waals surface area contributed by atoms with E-state index in [1.54, 1.807) is 13.1 Å². The van der Waals surface area contributed by atoms with Crippen molar-refractivity contribution in [1.29, 1.82) is 0 Å². The van der Waals surface area contributed by atoms with E-state index in [0.717, 1.165) is 13.0 Å². The number of hydrogen-bond donors (Lipinski definition) is 2. The number of nitrogens with one attached hydrogen (secondary N) is 1. The molecule has 1 rings (SSSR count). The van der Waals surface area contributed by atoms with Gasteiger partial charge in [-0.25, -0.2) is 0 Å². The first-order chi connectivity index (χ1) is 6.20. The van der Waals surface area contributed by atoms with Crippen molar-refractivity contribution in [3.05, 3.63) is 18.0 Å². The van der Waals surface area contributed by atoms with Crippen LogP contribution in [0.3, 0.4) is 0 Å². The Kier molecular flexibility index (Phi) is 3.92. The van der Waals surface area contributed by atoms with Crippen LogP contribution in [0.15, 0.2) is 12.3 Å². The molecule has 0 aliphatic carbocycles. The maximum Gasteiger partial charge on any atom is 0.0636 e. The Morgan fingerprint density at radius 2 is 2.46 bits per heavy atom. The summed E-state index contributed by atoms with van der Waals surface area (Å²) in [6.45, 7) is 3.30. The first-order valence-electron chi connectivity index (χ1n) is 4.56. The van der Waals surface area contributed by atoms with Gasteiger partial charge in [0, 0.05) is 38.4 Å². The lowest BCUT2D eigenvalue weighted by molar-refractivity contribution is 0.191.